The molecule has 1 rings (SSSR count). The molecule has 0 aliphatic heterocycles. The van der Waals surface area contributed by atoms with E-state index in [1.165, 1.54) is 24.3 Å². The van der Waals surface area contributed by atoms with Gasteiger partial charge in [-0.2, -0.15) is 0 Å². The van der Waals surface area contributed by atoms with Gasteiger partial charge in [0.2, 0.25) is 3.79 Å². The Balaban J connectivity index is 2.99. The van der Waals surface area contributed by atoms with E-state index < -0.39 is 9.90 Å². The lowest BCUT2D eigenvalue weighted by Crippen LogP contribution is -2.16. The van der Waals surface area contributed by atoms with Crippen molar-refractivity contribution in [1.82, 2.24) is 0 Å². The molecule has 0 amide bonds. The average molecular weight is 298 g/mol. The van der Waals surface area contributed by atoms with Crippen LogP contribution >= 0.6 is 34.8 Å². The number of ether oxygens (including phenoxy) is 1. The lowest BCUT2D eigenvalue weighted by molar-refractivity contribution is 0.181. The SMILES string of the molecule is C=CCOc1cc(C(O)C(Cl)(Cl)Cl)ccc1O. The van der Waals surface area contributed by atoms with Crippen LogP contribution in [0.2, 0.25) is 0 Å². The fourth-order valence-corrected chi connectivity index (χ4v) is 1.53. The number of aromatic hydroxyl groups is 1. The van der Waals surface area contributed by atoms with Crippen molar-refractivity contribution in [2.75, 3.05) is 6.61 Å². The van der Waals surface area contributed by atoms with Crippen LogP contribution in [0.5, 0.6) is 11.5 Å². The number of hydrogen-bond donors (Lipinski definition) is 2. The Morgan fingerprint density at radius 1 is 1.41 bits per heavy atom. The summed E-state index contributed by atoms with van der Waals surface area (Å²) in [5, 5.41) is 19.3. The zero-order valence-corrected chi connectivity index (χ0v) is 11.0. The molecule has 94 valence electrons. The molecular weight excluding hydrogens is 286 g/mol. The van der Waals surface area contributed by atoms with Crippen LogP contribution in [0.15, 0.2) is 30.9 Å². The van der Waals surface area contributed by atoms with Gasteiger partial charge in [-0.1, -0.05) is 53.5 Å². The van der Waals surface area contributed by atoms with Gasteiger partial charge < -0.3 is 14.9 Å². The second-order valence-corrected chi connectivity index (χ2v) is 5.64. The molecule has 1 atom stereocenters. The van der Waals surface area contributed by atoms with E-state index in [4.69, 9.17) is 39.5 Å². The fraction of sp³-hybridized carbons (Fsp3) is 0.273. The van der Waals surface area contributed by atoms with Crippen molar-refractivity contribution in [3.63, 3.8) is 0 Å². The Bertz CT molecular complexity index is 401. The van der Waals surface area contributed by atoms with Crippen LogP contribution < -0.4 is 4.74 Å². The topological polar surface area (TPSA) is 49.7 Å². The first kappa shape index (κ1) is 14.5. The minimum absolute atomic E-state index is 0.0629. The molecule has 0 radical (unpaired) electrons. The quantitative estimate of drug-likeness (QED) is 0.662. The standard InChI is InChI=1S/C11H11Cl3O3/c1-2-5-17-9-6-7(3-4-8(9)15)10(16)11(12,13)14/h2-4,6,10,15-16H,1,5H2. The van der Waals surface area contributed by atoms with Crippen molar-refractivity contribution in [1.29, 1.82) is 0 Å². The summed E-state index contributed by atoms with van der Waals surface area (Å²) in [6.45, 7) is 3.71. The number of halogens is 3. The number of rotatable bonds is 4. The van der Waals surface area contributed by atoms with Gasteiger partial charge in [-0.15, -0.1) is 0 Å². The molecule has 0 saturated heterocycles. The number of aliphatic hydroxyl groups is 1. The molecule has 1 aromatic rings. The highest BCUT2D eigenvalue weighted by molar-refractivity contribution is 6.68. The fourth-order valence-electron chi connectivity index (χ4n) is 1.15. The van der Waals surface area contributed by atoms with Gasteiger partial charge in [-0.05, 0) is 17.7 Å². The van der Waals surface area contributed by atoms with Crippen LogP contribution in [-0.2, 0) is 0 Å². The van der Waals surface area contributed by atoms with E-state index in [1.54, 1.807) is 0 Å². The molecule has 0 heterocycles. The average Bonchev–Trinajstić information content (AvgIpc) is 2.26. The van der Waals surface area contributed by atoms with Gasteiger partial charge in [0.05, 0.1) is 0 Å². The van der Waals surface area contributed by atoms with Crippen molar-refractivity contribution in [2.24, 2.45) is 0 Å². The first-order valence-corrected chi connectivity index (χ1v) is 5.81. The van der Waals surface area contributed by atoms with Crippen LogP contribution in [0.3, 0.4) is 0 Å². The first-order valence-electron chi connectivity index (χ1n) is 4.67. The lowest BCUT2D eigenvalue weighted by atomic mass is 10.1. The highest BCUT2D eigenvalue weighted by Gasteiger charge is 2.32. The van der Waals surface area contributed by atoms with Gasteiger partial charge in [-0.3, -0.25) is 0 Å². The van der Waals surface area contributed by atoms with Crippen molar-refractivity contribution in [3.8, 4) is 11.5 Å². The molecule has 0 aromatic heterocycles. The minimum atomic E-state index is -1.84. The molecule has 1 unspecified atom stereocenters. The van der Waals surface area contributed by atoms with Crippen LogP contribution in [-0.4, -0.2) is 20.6 Å². The Morgan fingerprint density at radius 3 is 2.59 bits per heavy atom. The molecule has 0 aliphatic rings. The summed E-state index contributed by atoms with van der Waals surface area (Å²) in [7, 11) is 0. The molecule has 0 spiro atoms. The van der Waals surface area contributed by atoms with E-state index in [9.17, 15) is 10.2 Å². The molecular formula is C11H11Cl3O3. The summed E-state index contributed by atoms with van der Waals surface area (Å²) >= 11 is 16.7. The third-order valence-electron chi connectivity index (χ3n) is 1.97. The molecule has 6 heteroatoms. The molecule has 0 aliphatic carbocycles. The van der Waals surface area contributed by atoms with Crippen LogP contribution in [0.4, 0.5) is 0 Å². The minimum Gasteiger partial charge on any atom is -0.504 e. The third kappa shape index (κ3) is 3.96. The first-order chi connectivity index (χ1) is 7.86. The predicted octanol–water partition coefficient (Wildman–Crippen LogP) is 3.36. The summed E-state index contributed by atoms with van der Waals surface area (Å²) in [5.41, 5.74) is 0.335. The van der Waals surface area contributed by atoms with Crippen molar-refractivity contribution < 1.29 is 14.9 Å². The summed E-state index contributed by atoms with van der Waals surface area (Å²) in [6, 6.07) is 4.21. The maximum absolute atomic E-state index is 9.74. The van der Waals surface area contributed by atoms with E-state index in [0.717, 1.165) is 0 Å². The van der Waals surface area contributed by atoms with Crippen LogP contribution in [0, 0.1) is 0 Å². The van der Waals surface area contributed by atoms with Gasteiger partial charge in [0.1, 0.15) is 12.7 Å². The van der Waals surface area contributed by atoms with E-state index >= 15 is 0 Å². The second kappa shape index (κ2) is 5.83. The van der Waals surface area contributed by atoms with Gasteiger partial charge >= 0.3 is 0 Å². The smallest absolute Gasteiger partial charge is 0.220 e. The highest BCUT2D eigenvalue weighted by atomic mass is 35.6. The molecule has 0 fully saturated rings. The maximum atomic E-state index is 9.74. The van der Waals surface area contributed by atoms with Gasteiger partial charge in [-0.25, -0.2) is 0 Å². The third-order valence-corrected chi connectivity index (χ3v) is 2.59. The van der Waals surface area contributed by atoms with Crippen LogP contribution in [0.1, 0.15) is 11.7 Å². The summed E-state index contributed by atoms with van der Waals surface area (Å²) in [6.07, 6.45) is 0.219. The van der Waals surface area contributed by atoms with Gasteiger partial charge in [0.15, 0.2) is 11.5 Å². The van der Waals surface area contributed by atoms with E-state index in [0.29, 0.717) is 5.56 Å². The number of phenols is 1. The predicted molar refractivity (Wildman–Crippen MR) is 69.0 cm³/mol. The number of benzene rings is 1. The van der Waals surface area contributed by atoms with Crippen molar-refractivity contribution in [3.05, 3.63) is 36.4 Å². The number of hydrogen-bond acceptors (Lipinski definition) is 3. The van der Waals surface area contributed by atoms with Crippen molar-refractivity contribution in [2.45, 2.75) is 9.90 Å². The highest BCUT2D eigenvalue weighted by Crippen LogP contribution is 2.41. The summed E-state index contributed by atoms with van der Waals surface area (Å²) in [4.78, 5) is 0. The van der Waals surface area contributed by atoms with Gasteiger partial charge in [0, 0.05) is 0 Å². The number of phenolic OH excluding ortho intramolecular Hbond substituents is 1. The molecule has 0 bridgehead atoms. The Kier molecular flexibility index (Phi) is 4.95. The second-order valence-electron chi connectivity index (χ2n) is 3.27. The molecule has 0 saturated carbocycles. The van der Waals surface area contributed by atoms with Gasteiger partial charge in [0.25, 0.3) is 0 Å². The Hall–Kier alpha value is -0.610. The maximum Gasteiger partial charge on any atom is 0.220 e. The summed E-state index contributed by atoms with van der Waals surface area (Å²) in [5.74, 6) is 0.128. The normalized spacial score (nSPS) is 13.2. The molecule has 1 aromatic carbocycles. The van der Waals surface area contributed by atoms with E-state index in [2.05, 4.69) is 6.58 Å². The Labute approximate surface area is 114 Å². The molecule has 17 heavy (non-hydrogen) atoms. The number of alkyl halides is 3. The molecule has 2 N–H and O–H groups in total. The number of aliphatic hydroxyl groups excluding tert-OH is 1. The zero-order valence-electron chi connectivity index (χ0n) is 8.74. The largest absolute Gasteiger partial charge is 0.504 e. The van der Waals surface area contributed by atoms with Crippen molar-refractivity contribution >= 4 is 34.8 Å². The van der Waals surface area contributed by atoms with Crippen LogP contribution in [0.25, 0.3) is 0 Å². The Morgan fingerprint density at radius 2 is 2.06 bits per heavy atom. The lowest BCUT2D eigenvalue weighted by Gasteiger charge is -2.20. The summed E-state index contributed by atoms with van der Waals surface area (Å²) < 4.78 is 3.34. The van der Waals surface area contributed by atoms with E-state index in [1.807, 2.05) is 0 Å². The van der Waals surface area contributed by atoms with E-state index in [-0.39, 0.29) is 18.1 Å². The molecule has 3 nitrogen and oxygen atoms in total. The zero-order chi connectivity index (χ0) is 13.1. The monoisotopic (exact) mass is 296 g/mol.